The second kappa shape index (κ2) is 9.55. The van der Waals surface area contributed by atoms with Crippen molar-refractivity contribution in [1.29, 1.82) is 0 Å². The standard InChI is InChI=1S/C19H21Cl2NO2/c1-2-18(24-16-11-9-15(20)10-12-16)19(23)22-13-5-7-14-6-3-4-8-17(14)21/h3-4,6,8-12,18H,2,5,7,13H2,1H3,(H,22,23)/t18-/m1/s1. The van der Waals surface area contributed by atoms with Gasteiger partial charge in [-0.15, -0.1) is 0 Å². The molecule has 1 amide bonds. The third-order valence-corrected chi connectivity index (χ3v) is 4.26. The number of hydrogen-bond acceptors (Lipinski definition) is 2. The van der Waals surface area contributed by atoms with Gasteiger partial charge < -0.3 is 10.1 Å². The Balaban J connectivity index is 1.77. The topological polar surface area (TPSA) is 38.3 Å². The van der Waals surface area contributed by atoms with Gasteiger partial charge in [0.15, 0.2) is 6.10 Å². The van der Waals surface area contributed by atoms with E-state index < -0.39 is 6.10 Å². The van der Waals surface area contributed by atoms with Gasteiger partial charge in [-0.05, 0) is 55.2 Å². The Bertz CT molecular complexity index is 659. The van der Waals surface area contributed by atoms with Crippen molar-refractivity contribution in [3.8, 4) is 5.75 Å². The predicted octanol–water partition coefficient (Wildman–Crippen LogP) is 4.90. The maximum absolute atomic E-state index is 12.2. The fraction of sp³-hybridized carbons (Fsp3) is 0.316. The molecule has 3 nitrogen and oxygen atoms in total. The Morgan fingerprint density at radius 1 is 1.12 bits per heavy atom. The summed E-state index contributed by atoms with van der Waals surface area (Å²) in [6, 6.07) is 14.8. The number of halogens is 2. The van der Waals surface area contributed by atoms with E-state index in [4.69, 9.17) is 27.9 Å². The number of benzene rings is 2. The lowest BCUT2D eigenvalue weighted by Gasteiger charge is -2.17. The molecule has 2 aromatic carbocycles. The minimum Gasteiger partial charge on any atom is -0.481 e. The lowest BCUT2D eigenvalue weighted by Crippen LogP contribution is -2.38. The molecule has 0 aliphatic carbocycles. The molecule has 128 valence electrons. The molecule has 0 unspecified atom stereocenters. The minimum absolute atomic E-state index is 0.105. The van der Waals surface area contributed by atoms with Crippen LogP contribution in [0.3, 0.4) is 0 Å². The van der Waals surface area contributed by atoms with E-state index in [1.54, 1.807) is 24.3 Å². The Hall–Kier alpha value is -1.71. The Kier molecular flexibility index (Phi) is 7.41. The molecule has 1 N–H and O–H groups in total. The predicted molar refractivity (Wildman–Crippen MR) is 98.9 cm³/mol. The van der Waals surface area contributed by atoms with Crippen LogP contribution in [0.5, 0.6) is 5.75 Å². The molecular formula is C19H21Cl2NO2. The van der Waals surface area contributed by atoms with Crippen molar-refractivity contribution in [1.82, 2.24) is 5.32 Å². The maximum Gasteiger partial charge on any atom is 0.261 e. The largest absolute Gasteiger partial charge is 0.481 e. The van der Waals surface area contributed by atoms with Crippen LogP contribution in [-0.4, -0.2) is 18.6 Å². The van der Waals surface area contributed by atoms with Crippen molar-refractivity contribution in [3.63, 3.8) is 0 Å². The summed E-state index contributed by atoms with van der Waals surface area (Å²) in [7, 11) is 0. The summed E-state index contributed by atoms with van der Waals surface area (Å²) in [5, 5.41) is 4.33. The van der Waals surface area contributed by atoms with Gasteiger partial charge in [0, 0.05) is 16.6 Å². The summed E-state index contributed by atoms with van der Waals surface area (Å²) in [6.45, 7) is 2.51. The van der Waals surface area contributed by atoms with Crippen molar-refractivity contribution in [2.24, 2.45) is 0 Å². The van der Waals surface area contributed by atoms with Crippen molar-refractivity contribution in [2.75, 3.05) is 6.54 Å². The fourth-order valence-electron chi connectivity index (χ4n) is 2.31. The SMILES string of the molecule is CC[C@@H](Oc1ccc(Cl)cc1)C(=O)NCCCc1ccccc1Cl. The quantitative estimate of drug-likeness (QED) is 0.675. The van der Waals surface area contributed by atoms with E-state index in [0.717, 1.165) is 23.4 Å². The zero-order valence-electron chi connectivity index (χ0n) is 13.6. The van der Waals surface area contributed by atoms with Crippen LogP contribution < -0.4 is 10.1 Å². The molecule has 1 atom stereocenters. The molecular weight excluding hydrogens is 345 g/mol. The van der Waals surface area contributed by atoms with Crippen LogP contribution in [0, 0.1) is 0 Å². The van der Waals surface area contributed by atoms with Crippen molar-refractivity contribution in [3.05, 3.63) is 64.1 Å². The molecule has 2 aromatic rings. The lowest BCUT2D eigenvalue weighted by atomic mass is 10.1. The highest BCUT2D eigenvalue weighted by molar-refractivity contribution is 6.31. The molecule has 0 saturated carbocycles. The molecule has 0 spiro atoms. The third-order valence-electron chi connectivity index (χ3n) is 3.64. The lowest BCUT2D eigenvalue weighted by molar-refractivity contribution is -0.128. The van der Waals surface area contributed by atoms with Gasteiger partial charge >= 0.3 is 0 Å². The molecule has 2 rings (SSSR count). The second-order valence-electron chi connectivity index (χ2n) is 5.45. The normalized spacial score (nSPS) is 11.8. The van der Waals surface area contributed by atoms with Crippen LogP contribution in [0.4, 0.5) is 0 Å². The number of carbonyl (C=O) groups excluding carboxylic acids is 1. The summed E-state index contributed by atoms with van der Waals surface area (Å²) in [5.41, 5.74) is 1.10. The highest BCUT2D eigenvalue weighted by Gasteiger charge is 2.17. The molecule has 24 heavy (non-hydrogen) atoms. The Morgan fingerprint density at radius 3 is 2.50 bits per heavy atom. The smallest absolute Gasteiger partial charge is 0.261 e. The number of ether oxygens (including phenoxy) is 1. The van der Waals surface area contributed by atoms with E-state index in [-0.39, 0.29) is 5.91 Å². The molecule has 0 saturated heterocycles. The average Bonchev–Trinajstić information content (AvgIpc) is 2.59. The number of nitrogens with one attached hydrogen (secondary N) is 1. The van der Waals surface area contributed by atoms with Crippen LogP contribution in [0.2, 0.25) is 10.0 Å². The highest BCUT2D eigenvalue weighted by Crippen LogP contribution is 2.18. The van der Waals surface area contributed by atoms with Crippen LogP contribution in [0.1, 0.15) is 25.3 Å². The van der Waals surface area contributed by atoms with Crippen molar-refractivity contribution < 1.29 is 9.53 Å². The van der Waals surface area contributed by atoms with Gasteiger partial charge in [-0.3, -0.25) is 4.79 Å². The molecule has 0 heterocycles. The summed E-state index contributed by atoms with van der Waals surface area (Å²) in [5.74, 6) is 0.532. The van der Waals surface area contributed by atoms with Gasteiger partial charge in [0.1, 0.15) is 5.75 Å². The minimum atomic E-state index is -0.508. The molecule has 0 aromatic heterocycles. The number of amides is 1. The van der Waals surface area contributed by atoms with Gasteiger partial charge in [-0.2, -0.15) is 0 Å². The third kappa shape index (κ3) is 5.73. The first-order valence-corrected chi connectivity index (χ1v) is 8.79. The molecule has 0 fully saturated rings. The van der Waals surface area contributed by atoms with Gasteiger partial charge in [-0.25, -0.2) is 0 Å². The first kappa shape index (κ1) is 18.6. The fourth-order valence-corrected chi connectivity index (χ4v) is 2.66. The summed E-state index contributed by atoms with van der Waals surface area (Å²) >= 11 is 12.0. The number of carbonyl (C=O) groups is 1. The number of hydrogen-bond donors (Lipinski definition) is 1. The zero-order chi connectivity index (χ0) is 17.4. The summed E-state index contributed by atoms with van der Waals surface area (Å²) < 4.78 is 5.72. The Morgan fingerprint density at radius 2 is 1.83 bits per heavy atom. The first-order chi connectivity index (χ1) is 11.6. The summed E-state index contributed by atoms with van der Waals surface area (Å²) in [4.78, 5) is 12.2. The van der Waals surface area contributed by atoms with Crippen molar-refractivity contribution >= 4 is 29.1 Å². The second-order valence-corrected chi connectivity index (χ2v) is 6.30. The van der Waals surface area contributed by atoms with Crippen LogP contribution >= 0.6 is 23.2 Å². The van der Waals surface area contributed by atoms with E-state index in [2.05, 4.69) is 5.32 Å². The van der Waals surface area contributed by atoms with Gasteiger partial charge in [0.25, 0.3) is 5.91 Å². The highest BCUT2D eigenvalue weighted by atomic mass is 35.5. The number of aryl methyl sites for hydroxylation is 1. The van der Waals surface area contributed by atoms with E-state index in [0.29, 0.717) is 23.7 Å². The number of rotatable bonds is 8. The monoisotopic (exact) mass is 365 g/mol. The van der Waals surface area contributed by atoms with Gasteiger partial charge in [0.05, 0.1) is 0 Å². The first-order valence-electron chi connectivity index (χ1n) is 8.03. The molecule has 0 bridgehead atoms. The zero-order valence-corrected chi connectivity index (χ0v) is 15.1. The molecule has 0 aliphatic rings. The van der Waals surface area contributed by atoms with Gasteiger partial charge in [0.2, 0.25) is 0 Å². The van der Waals surface area contributed by atoms with Crippen LogP contribution in [-0.2, 0) is 11.2 Å². The van der Waals surface area contributed by atoms with Crippen LogP contribution in [0.15, 0.2) is 48.5 Å². The Labute approximate surface area is 152 Å². The van der Waals surface area contributed by atoms with E-state index in [1.165, 1.54) is 0 Å². The molecule has 0 aliphatic heterocycles. The van der Waals surface area contributed by atoms with E-state index in [1.807, 2.05) is 31.2 Å². The maximum atomic E-state index is 12.2. The molecule has 0 radical (unpaired) electrons. The van der Waals surface area contributed by atoms with E-state index >= 15 is 0 Å². The summed E-state index contributed by atoms with van der Waals surface area (Å²) in [6.07, 6.45) is 1.74. The van der Waals surface area contributed by atoms with E-state index in [9.17, 15) is 4.79 Å². The van der Waals surface area contributed by atoms with Crippen molar-refractivity contribution in [2.45, 2.75) is 32.3 Å². The van der Waals surface area contributed by atoms with Crippen LogP contribution in [0.25, 0.3) is 0 Å². The molecule has 5 heteroatoms. The van der Waals surface area contributed by atoms with Gasteiger partial charge in [-0.1, -0.05) is 48.3 Å². The average molecular weight is 366 g/mol.